The van der Waals surface area contributed by atoms with Crippen molar-refractivity contribution in [3.05, 3.63) is 40.4 Å². The molecule has 0 aliphatic carbocycles. The number of hydrogen-bond donors (Lipinski definition) is 1. The number of anilines is 1. The van der Waals surface area contributed by atoms with Crippen molar-refractivity contribution in [1.82, 2.24) is 4.90 Å². The third-order valence-electron chi connectivity index (χ3n) is 2.51. The smallest absolute Gasteiger partial charge is 0.254 e. The van der Waals surface area contributed by atoms with E-state index in [-0.39, 0.29) is 21.6 Å². The number of carbonyl (C=O) groups is 1. The molecule has 0 aliphatic heterocycles. The van der Waals surface area contributed by atoms with E-state index < -0.39 is 0 Å². The molecule has 0 fully saturated rings. The van der Waals surface area contributed by atoms with Gasteiger partial charge in [-0.25, -0.2) is 0 Å². The van der Waals surface area contributed by atoms with Gasteiger partial charge in [-0.05, 0) is 12.1 Å². The predicted molar refractivity (Wildman–Crippen MR) is 78.9 cm³/mol. The lowest BCUT2D eigenvalue weighted by atomic mass is 10.1. The lowest BCUT2D eigenvalue weighted by Gasteiger charge is -2.21. The summed E-state index contributed by atoms with van der Waals surface area (Å²) in [5.74, 6) is -0.192. The van der Waals surface area contributed by atoms with Crippen LogP contribution in [0.2, 0.25) is 10.0 Å². The van der Waals surface area contributed by atoms with Crippen LogP contribution in [0, 0.1) is 0 Å². The van der Waals surface area contributed by atoms with Crippen LogP contribution in [-0.2, 0) is 4.74 Å². The van der Waals surface area contributed by atoms with Crippen molar-refractivity contribution in [3.63, 3.8) is 0 Å². The Morgan fingerprint density at radius 1 is 1.53 bits per heavy atom. The zero-order valence-electron chi connectivity index (χ0n) is 10.7. The summed E-state index contributed by atoms with van der Waals surface area (Å²) in [5.41, 5.74) is 6.38. The second-order valence-corrected chi connectivity index (χ2v) is 4.68. The molecule has 0 saturated heterocycles. The number of amides is 1. The van der Waals surface area contributed by atoms with Crippen molar-refractivity contribution >= 4 is 34.8 Å². The molecule has 19 heavy (non-hydrogen) atoms. The van der Waals surface area contributed by atoms with Crippen LogP contribution in [0.15, 0.2) is 24.8 Å². The van der Waals surface area contributed by atoms with Gasteiger partial charge >= 0.3 is 0 Å². The summed E-state index contributed by atoms with van der Waals surface area (Å²) >= 11 is 11.8. The van der Waals surface area contributed by atoms with Crippen LogP contribution in [0.4, 0.5) is 5.69 Å². The topological polar surface area (TPSA) is 55.6 Å². The molecule has 6 heteroatoms. The molecule has 0 unspecified atom stereocenters. The van der Waals surface area contributed by atoms with E-state index in [1.54, 1.807) is 18.1 Å². The van der Waals surface area contributed by atoms with E-state index in [4.69, 9.17) is 33.7 Å². The van der Waals surface area contributed by atoms with Gasteiger partial charge in [0.15, 0.2) is 0 Å². The number of ether oxygens (including phenoxy) is 1. The van der Waals surface area contributed by atoms with Gasteiger partial charge in [-0.15, -0.1) is 6.58 Å². The highest BCUT2D eigenvalue weighted by atomic mass is 35.5. The standard InChI is InChI=1S/C13H16Cl2N2O2/c1-3-4-17(5-6-19-2)13(18)9-7-10(14)12(15)11(16)8-9/h3,7-8H,1,4-6,16H2,2H3. The summed E-state index contributed by atoms with van der Waals surface area (Å²) < 4.78 is 4.97. The zero-order chi connectivity index (χ0) is 14.4. The minimum absolute atomic E-state index is 0.192. The Labute approximate surface area is 122 Å². The number of halogens is 2. The van der Waals surface area contributed by atoms with Crippen molar-refractivity contribution in [1.29, 1.82) is 0 Å². The van der Waals surface area contributed by atoms with Crippen LogP contribution in [0.5, 0.6) is 0 Å². The highest BCUT2D eigenvalue weighted by Gasteiger charge is 2.17. The van der Waals surface area contributed by atoms with Gasteiger partial charge in [-0.3, -0.25) is 4.79 Å². The quantitative estimate of drug-likeness (QED) is 0.649. The lowest BCUT2D eigenvalue weighted by Crippen LogP contribution is -2.34. The number of methoxy groups -OCH3 is 1. The van der Waals surface area contributed by atoms with Gasteiger partial charge in [0.1, 0.15) is 0 Å². The fraction of sp³-hybridized carbons (Fsp3) is 0.308. The van der Waals surface area contributed by atoms with Crippen molar-refractivity contribution in [2.75, 3.05) is 32.5 Å². The normalized spacial score (nSPS) is 10.3. The number of nitrogens with two attached hydrogens (primary N) is 1. The maximum Gasteiger partial charge on any atom is 0.254 e. The Hall–Kier alpha value is -1.23. The summed E-state index contributed by atoms with van der Waals surface area (Å²) in [7, 11) is 1.58. The van der Waals surface area contributed by atoms with E-state index in [0.717, 1.165) is 0 Å². The van der Waals surface area contributed by atoms with E-state index in [0.29, 0.717) is 25.3 Å². The molecule has 0 heterocycles. The number of nitrogens with zero attached hydrogens (tertiary/aromatic N) is 1. The second-order valence-electron chi connectivity index (χ2n) is 3.89. The first-order valence-electron chi connectivity index (χ1n) is 5.64. The van der Waals surface area contributed by atoms with Crippen molar-refractivity contribution in [2.24, 2.45) is 0 Å². The van der Waals surface area contributed by atoms with Gasteiger partial charge in [0, 0.05) is 25.8 Å². The Balaban J connectivity index is 2.98. The Morgan fingerprint density at radius 3 is 2.74 bits per heavy atom. The molecule has 0 aromatic heterocycles. The van der Waals surface area contributed by atoms with Crippen LogP contribution < -0.4 is 5.73 Å². The van der Waals surface area contributed by atoms with E-state index >= 15 is 0 Å². The monoisotopic (exact) mass is 302 g/mol. The molecule has 2 N–H and O–H groups in total. The Morgan fingerprint density at radius 2 is 2.21 bits per heavy atom. The molecule has 0 aliphatic rings. The van der Waals surface area contributed by atoms with Crippen molar-refractivity contribution < 1.29 is 9.53 Å². The maximum atomic E-state index is 12.3. The van der Waals surface area contributed by atoms with E-state index in [1.165, 1.54) is 12.1 Å². The summed E-state index contributed by atoms with van der Waals surface area (Å²) in [6.45, 7) is 4.95. The molecule has 4 nitrogen and oxygen atoms in total. The number of carbonyl (C=O) groups excluding carboxylic acids is 1. The molecule has 1 aromatic rings. The second kappa shape index (κ2) is 7.38. The summed E-state index contributed by atoms with van der Waals surface area (Å²) in [4.78, 5) is 13.9. The highest BCUT2D eigenvalue weighted by Crippen LogP contribution is 2.29. The number of hydrogen-bond acceptors (Lipinski definition) is 3. The summed E-state index contributed by atoms with van der Waals surface area (Å²) in [6.07, 6.45) is 1.65. The first-order chi connectivity index (χ1) is 9.01. The molecular weight excluding hydrogens is 287 g/mol. The maximum absolute atomic E-state index is 12.3. The van der Waals surface area contributed by atoms with Crippen molar-refractivity contribution in [2.45, 2.75) is 0 Å². The molecule has 0 bridgehead atoms. The number of nitrogen functional groups attached to an aromatic ring is 1. The highest BCUT2D eigenvalue weighted by molar-refractivity contribution is 6.43. The fourth-order valence-electron chi connectivity index (χ4n) is 1.55. The predicted octanol–water partition coefficient (Wildman–Crippen LogP) is 2.85. The zero-order valence-corrected chi connectivity index (χ0v) is 12.2. The molecule has 1 rings (SSSR count). The average Bonchev–Trinajstić information content (AvgIpc) is 2.39. The molecule has 0 spiro atoms. The summed E-state index contributed by atoms with van der Waals surface area (Å²) in [6, 6.07) is 3.02. The van der Waals surface area contributed by atoms with Crippen LogP contribution in [0.3, 0.4) is 0 Å². The van der Waals surface area contributed by atoms with Gasteiger partial charge in [-0.2, -0.15) is 0 Å². The molecular formula is C13H16Cl2N2O2. The first-order valence-corrected chi connectivity index (χ1v) is 6.40. The van der Waals surface area contributed by atoms with Crippen LogP contribution >= 0.6 is 23.2 Å². The van der Waals surface area contributed by atoms with Gasteiger partial charge in [0.2, 0.25) is 0 Å². The van der Waals surface area contributed by atoms with Gasteiger partial charge in [0.05, 0.1) is 22.3 Å². The lowest BCUT2D eigenvalue weighted by molar-refractivity contribution is 0.0718. The summed E-state index contributed by atoms with van der Waals surface area (Å²) in [5, 5.41) is 0.515. The minimum atomic E-state index is -0.192. The van der Waals surface area contributed by atoms with Gasteiger partial charge < -0.3 is 15.4 Å². The molecule has 1 aromatic carbocycles. The first kappa shape index (κ1) is 15.8. The van der Waals surface area contributed by atoms with Crippen molar-refractivity contribution in [3.8, 4) is 0 Å². The van der Waals surface area contributed by atoms with E-state index in [1.807, 2.05) is 0 Å². The Kier molecular flexibility index (Phi) is 6.15. The SMILES string of the molecule is C=CCN(CCOC)C(=O)c1cc(N)c(Cl)c(Cl)c1. The van der Waals surface area contributed by atoms with Crippen LogP contribution in [0.25, 0.3) is 0 Å². The van der Waals surface area contributed by atoms with Gasteiger partial charge in [-0.1, -0.05) is 29.3 Å². The fourth-order valence-corrected chi connectivity index (χ4v) is 1.89. The molecule has 104 valence electrons. The number of benzene rings is 1. The van der Waals surface area contributed by atoms with Crippen LogP contribution in [0.1, 0.15) is 10.4 Å². The van der Waals surface area contributed by atoms with Crippen LogP contribution in [-0.4, -0.2) is 37.6 Å². The molecule has 1 amide bonds. The third-order valence-corrected chi connectivity index (χ3v) is 3.32. The molecule has 0 atom stereocenters. The average molecular weight is 303 g/mol. The van der Waals surface area contributed by atoms with E-state index in [2.05, 4.69) is 6.58 Å². The largest absolute Gasteiger partial charge is 0.397 e. The molecule has 0 saturated carbocycles. The number of rotatable bonds is 6. The third kappa shape index (κ3) is 4.13. The minimum Gasteiger partial charge on any atom is -0.397 e. The van der Waals surface area contributed by atoms with E-state index in [9.17, 15) is 4.79 Å². The van der Waals surface area contributed by atoms with Gasteiger partial charge in [0.25, 0.3) is 5.91 Å². The Bertz CT molecular complexity index is 455. The molecule has 0 radical (unpaired) electrons.